The number of hydrogen-bond donors (Lipinski definition) is 1. The molecule has 1 N–H and O–H groups in total. The molecule has 0 aliphatic carbocycles. The molecule has 0 aliphatic heterocycles. The largest absolute Gasteiger partial charge is 0.416 e. The van der Waals surface area contributed by atoms with Gasteiger partial charge < -0.3 is 5.32 Å². The van der Waals surface area contributed by atoms with Crippen molar-refractivity contribution in [2.75, 3.05) is 5.32 Å². The second-order valence-electron chi connectivity index (χ2n) is 4.36. The Morgan fingerprint density at radius 2 is 1.57 bits per heavy atom. The van der Waals surface area contributed by atoms with Crippen LogP contribution in [0.15, 0.2) is 48.5 Å². The van der Waals surface area contributed by atoms with Crippen molar-refractivity contribution in [2.24, 2.45) is 0 Å². The molecule has 2 aromatic carbocycles. The molecular weight excluding hydrogens is 347 g/mol. The van der Waals surface area contributed by atoms with E-state index < -0.39 is 11.7 Å². The summed E-state index contributed by atoms with van der Waals surface area (Å²) in [5.74, 6) is -0.365. The predicted molar refractivity (Wildman–Crippen MR) is 78.5 cm³/mol. The zero-order valence-electron chi connectivity index (χ0n) is 10.7. The van der Waals surface area contributed by atoms with Gasteiger partial charge in [-0.15, -0.1) is 0 Å². The summed E-state index contributed by atoms with van der Waals surface area (Å²) < 4.78 is 37.3. The Kier molecular flexibility index (Phi) is 4.67. The van der Waals surface area contributed by atoms with Gasteiger partial charge in [0.25, 0.3) is 5.91 Å². The number of benzene rings is 2. The Morgan fingerprint density at radius 1 is 1.00 bits per heavy atom. The van der Waals surface area contributed by atoms with Gasteiger partial charge in [-0.2, -0.15) is 13.2 Å². The Morgan fingerprint density at radius 3 is 2.05 bits per heavy atom. The summed E-state index contributed by atoms with van der Waals surface area (Å²) in [5.41, 5.74) is 1.04. The van der Waals surface area contributed by atoms with Crippen molar-refractivity contribution in [1.29, 1.82) is 0 Å². The van der Waals surface area contributed by atoms with Crippen molar-refractivity contribution >= 4 is 27.5 Å². The van der Waals surface area contributed by atoms with E-state index in [0.717, 1.165) is 17.7 Å². The highest BCUT2D eigenvalue weighted by Gasteiger charge is 2.29. The Labute approximate surface area is 128 Å². The van der Waals surface area contributed by atoms with Crippen LogP contribution < -0.4 is 5.32 Å². The molecule has 0 saturated carbocycles. The molecule has 110 valence electrons. The van der Waals surface area contributed by atoms with E-state index in [9.17, 15) is 18.0 Å². The maximum absolute atomic E-state index is 12.4. The van der Waals surface area contributed by atoms with Crippen molar-refractivity contribution in [3.8, 4) is 0 Å². The molecule has 0 bridgehead atoms. The SMILES string of the molecule is O=C(Nc1ccc(C(F)(F)F)cc1)c1ccc(CBr)cc1. The number of alkyl halides is 4. The van der Waals surface area contributed by atoms with Crippen LogP contribution in [-0.2, 0) is 11.5 Å². The van der Waals surface area contributed by atoms with Crippen molar-refractivity contribution < 1.29 is 18.0 Å². The molecule has 2 rings (SSSR count). The van der Waals surface area contributed by atoms with Crippen LogP contribution in [0.25, 0.3) is 0 Å². The fraction of sp³-hybridized carbons (Fsp3) is 0.133. The molecule has 0 spiro atoms. The number of hydrogen-bond acceptors (Lipinski definition) is 1. The molecule has 6 heteroatoms. The van der Waals surface area contributed by atoms with Crippen molar-refractivity contribution in [3.63, 3.8) is 0 Å². The lowest BCUT2D eigenvalue weighted by Gasteiger charge is -2.09. The van der Waals surface area contributed by atoms with Crippen LogP contribution in [-0.4, -0.2) is 5.91 Å². The molecule has 0 atom stereocenters. The number of halogens is 4. The van der Waals surface area contributed by atoms with Crippen LogP contribution in [0.5, 0.6) is 0 Å². The van der Waals surface area contributed by atoms with Crippen LogP contribution in [0.2, 0.25) is 0 Å². The van der Waals surface area contributed by atoms with Crippen LogP contribution in [0.3, 0.4) is 0 Å². The van der Waals surface area contributed by atoms with E-state index in [1.54, 1.807) is 24.3 Å². The van der Waals surface area contributed by atoms with Crippen molar-refractivity contribution in [3.05, 3.63) is 65.2 Å². The fourth-order valence-electron chi connectivity index (χ4n) is 1.69. The molecule has 2 nitrogen and oxygen atoms in total. The first-order valence-electron chi connectivity index (χ1n) is 6.03. The number of rotatable bonds is 3. The van der Waals surface area contributed by atoms with E-state index in [-0.39, 0.29) is 5.91 Å². The number of carbonyl (C=O) groups is 1. The van der Waals surface area contributed by atoms with Gasteiger partial charge in [0, 0.05) is 16.6 Å². The number of anilines is 1. The number of amides is 1. The summed E-state index contributed by atoms with van der Waals surface area (Å²) in [5, 5.41) is 3.24. The highest BCUT2D eigenvalue weighted by Crippen LogP contribution is 2.29. The van der Waals surface area contributed by atoms with E-state index >= 15 is 0 Å². The predicted octanol–water partition coefficient (Wildman–Crippen LogP) is 4.85. The quantitative estimate of drug-likeness (QED) is 0.781. The average Bonchev–Trinajstić information content (AvgIpc) is 2.47. The molecule has 0 heterocycles. The van der Waals surface area contributed by atoms with Crippen LogP contribution >= 0.6 is 15.9 Å². The highest BCUT2D eigenvalue weighted by atomic mass is 79.9. The lowest BCUT2D eigenvalue weighted by molar-refractivity contribution is -0.137. The van der Waals surface area contributed by atoms with Gasteiger partial charge >= 0.3 is 6.18 Å². The minimum absolute atomic E-state index is 0.317. The average molecular weight is 358 g/mol. The maximum atomic E-state index is 12.4. The molecule has 2 aromatic rings. The number of nitrogens with one attached hydrogen (secondary N) is 1. The van der Waals surface area contributed by atoms with Gasteiger partial charge in [0.2, 0.25) is 0 Å². The molecule has 1 amide bonds. The summed E-state index contributed by atoms with van der Waals surface area (Å²) in [6.07, 6.45) is -4.38. The fourth-order valence-corrected chi connectivity index (χ4v) is 2.06. The first-order valence-corrected chi connectivity index (χ1v) is 7.16. The lowest BCUT2D eigenvalue weighted by Crippen LogP contribution is -2.12. The van der Waals surface area contributed by atoms with Gasteiger partial charge in [-0.05, 0) is 42.0 Å². The Hall–Kier alpha value is -1.82. The van der Waals surface area contributed by atoms with Gasteiger partial charge in [0.05, 0.1) is 5.56 Å². The van der Waals surface area contributed by atoms with Crippen LogP contribution in [0.4, 0.5) is 18.9 Å². The van der Waals surface area contributed by atoms with Crippen LogP contribution in [0.1, 0.15) is 21.5 Å². The lowest BCUT2D eigenvalue weighted by atomic mass is 10.1. The van der Waals surface area contributed by atoms with Crippen molar-refractivity contribution in [2.45, 2.75) is 11.5 Å². The number of carbonyl (C=O) groups excluding carboxylic acids is 1. The normalized spacial score (nSPS) is 11.2. The monoisotopic (exact) mass is 357 g/mol. The first kappa shape index (κ1) is 15.6. The molecular formula is C15H11BrF3NO. The third-order valence-corrected chi connectivity index (χ3v) is 3.49. The molecule has 0 unspecified atom stereocenters. The first-order chi connectivity index (χ1) is 9.90. The third-order valence-electron chi connectivity index (χ3n) is 2.84. The zero-order valence-corrected chi connectivity index (χ0v) is 12.3. The van der Waals surface area contributed by atoms with E-state index in [1.807, 2.05) is 0 Å². The molecule has 21 heavy (non-hydrogen) atoms. The van der Waals surface area contributed by atoms with Crippen molar-refractivity contribution in [1.82, 2.24) is 0 Å². The summed E-state index contributed by atoms with van der Waals surface area (Å²) in [4.78, 5) is 12.0. The third kappa shape index (κ3) is 4.07. The Balaban J connectivity index is 2.08. The van der Waals surface area contributed by atoms with Gasteiger partial charge in [-0.25, -0.2) is 0 Å². The zero-order chi connectivity index (χ0) is 15.5. The standard InChI is InChI=1S/C15H11BrF3NO/c16-9-10-1-3-11(4-2-10)14(21)20-13-7-5-12(6-8-13)15(17,18)19/h1-8H,9H2,(H,20,21). The van der Waals surface area contributed by atoms with Gasteiger partial charge in [0.1, 0.15) is 0 Å². The van der Waals surface area contributed by atoms with E-state index in [0.29, 0.717) is 16.6 Å². The van der Waals surface area contributed by atoms with Gasteiger partial charge in [0.15, 0.2) is 0 Å². The molecule has 0 fully saturated rings. The second kappa shape index (κ2) is 6.30. The highest BCUT2D eigenvalue weighted by molar-refractivity contribution is 9.08. The van der Waals surface area contributed by atoms with E-state index in [1.165, 1.54) is 12.1 Å². The smallest absolute Gasteiger partial charge is 0.322 e. The van der Waals surface area contributed by atoms with Crippen LogP contribution in [0, 0.1) is 0 Å². The molecule has 0 aliphatic rings. The minimum Gasteiger partial charge on any atom is -0.322 e. The Bertz CT molecular complexity index is 621. The second-order valence-corrected chi connectivity index (χ2v) is 4.92. The maximum Gasteiger partial charge on any atom is 0.416 e. The summed E-state index contributed by atoms with van der Waals surface area (Å²) in [6.45, 7) is 0. The van der Waals surface area contributed by atoms with E-state index in [2.05, 4.69) is 21.2 Å². The molecule has 0 aromatic heterocycles. The summed E-state index contributed by atoms with van der Waals surface area (Å²) >= 11 is 3.30. The van der Waals surface area contributed by atoms with Gasteiger partial charge in [-0.1, -0.05) is 28.1 Å². The summed E-state index contributed by atoms with van der Waals surface area (Å²) in [6, 6.07) is 11.3. The molecule has 0 saturated heterocycles. The minimum atomic E-state index is -4.38. The summed E-state index contributed by atoms with van der Waals surface area (Å²) in [7, 11) is 0. The van der Waals surface area contributed by atoms with Gasteiger partial charge in [-0.3, -0.25) is 4.79 Å². The van der Waals surface area contributed by atoms with E-state index in [4.69, 9.17) is 0 Å². The topological polar surface area (TPSA) is 29.1 Å². The molecule has 0 radical (unpaired) electrons.